The number of ketones is 1. The van der Waals surface area contributed by atoms with Crippen molar-refractivity contribution in [3.05, 3.63) is 107 Å². The Morgan fingerprint density at radius 1 is 0.967 bits per heavy atom. The van der Waals surface area contributed by atoms with Crippen LogP contribution in [0.3, 0.4) is 0 Å². The number of hydrogen-bond acceptors (Lipinski definition) is 2. The van der Waals surface area contributed by atoms with Crippen LogP contribution in [0.2, 0.25) is 0 Å². The number of benzene rings is 3. The van der Waals surface area contributed by atoms with Gasteiger partial charge in [0.05, 0.1) is 7.11 Å². The van der Waals surface area contributed by atoms with Gasteiger partial charge in [0.1, 0.15) is 5.75 Å². The highest BCUT2D eigenvalue weighted by Crippen LogP contribution is 2.46. The Bertz CT molecular complexity index is 1120. The summed E-state index contributed by atoms with van der Waals surface area (Å²) in [7, 11) is 1.61. The number of para-hydroxylation sites is 1. The lowest BCUT2D eigenvalue weighted by atomic mass is 9.82. The van der Waals surface area contributed by atoms with E-state index in [9.17, 15) is 13.6 Å². The Labute approximate surface area is 174 Å². The van der Waals surface area contributed by atoms with Crippen LogP contribution in [0.4, 0.5) is 8.78 Å². The SMILES string of the molecule is COc1ccccc1C1CC(c2ccc(C)cc2)=CC1C(=O)c1ccc(F)c(F)c1. The largest absolute Gasteiger partial charge is 0.496 e. The number of methoxy groups -OCH3 is 1. The van der Waals surface area contributed by atoms with Crippen molar-refractivity contribution in [2.45, 2.75) is 19.3 Å². The molecule has 1 aliphatic carbocycles. The Kier molecular flexibility index (Phi) is 5.49. The zero-order valence-electron chi connectivity index (χ0n) is 16.9. The predicted molar refractivity (Wildman–Crippen MR) is 114 cm³/mol. The van der Waals surface area contributed by atoms with Gasteiger partial charge in [-0.3, -0.25) is 4.79 Å². The van der Waals surface area contributed by atoms with Gasteiger partial charge in [-0.2, -0.15) is 0 Å². The molecule has 0 spiro atoms. The van der Waals surface area contributed by atoms with Gasteiger partial charge in [-0.1, -0.05) is 54.1 Å². The molecule has 0 N–H and O–H groups in total. The summed E-state index contributed by atoms with van der Waals surface area (Å²) in [6, 6.07) is 19.1. The number of aryl methyl sites for hydroxylation is 1. The van der Waals surface area contributed by atoms with E-state index >= 15 is 0 Å². The van der Waals surface area contributed by atoms with E-state index < -0.39 is 17.6 Å². The Morgan fingerprint density at radius 3 is 2.40 bits per heavy atom. The van der Waals surface area contributed by atoms with Gasteiger partial charge in [-0.15, -0.1) is 0 Å². The molecule has 1 aliphatic rings. The fraction of sp³-hybridized carbons (Fsp3) is 0.192. The Morgan fingerprint density at radius 2 is 1.70 bits per heavy atom. The van der Waals surface area contributed by atoms with Crippen molar-refractivity contribution in [2.24, 2.45) is 5.92 Å². The van der Waals surface area contributed by atoms with Crippen LogP contribution in [0.15, 0.2) is 72.8 Å². The molecule has 3 aromatic carbocycles. The molecular weight excluding hydrogens is 382 g/mol. The average Bonchev–Trinajstić information content (AvgIpc) is 3.20. The standard InChI is InChI=1S/C26H22F2O2/c1-16-7-9-17(10-8-16)19-13-21(20-5-3-4-6-25(20)30-2)22(14-19)26(29)18-11-12-23(27)24(28)15-18/h3-12,14-15,21-22H,13H2,1-2H3. The lowest BCUT2D eigenvalue weighted by Gasteiger charge is -2.21. The highest BCUT2D eigenvalue weighted by molar-refractivity contribution is 6.01. The number of allylic oxidation sites excluding steroid dienone is 2. The van der Waals surface area contributed by atoms with Crippen LogP contribution >= 0.6 is 0 Å². The summed E-state index contributed by atoms with van der Waals surface area (Å²) in [5, 5.41) is 0. The zero-order chi connectivity index (χ0) is 21.3. The lowest BCUT2D eigenvalue weighted by molar-refractivity contribution is 0.0934. The van der Waals surface area contributed by atoms with E-state index in [-0.39, 0.29) is 17.3 Å². The summed E-state index contributed by atoms with van der Waals surface area (Å²) in [5.74, 6) is -2.15. The molecule has 3 aromatic rings. The lowest BCUT2D eigenvalue weighted by Crippen LogP contribution is -2.18. The summed E-state index contributed by atoms with van der Waals surface area (Å²) in [4.78, 5) is 13.4. The maximum atomic E-state index is 13.8. The molecule has 0 aliphatic heterocycles. The van der Waals surface area contributed by atoms with E-state index in [1.54, 1.807) is 7.11 Å². The van der Waals surface area contributed by atoms with Crippen molar-refractivity contribution in [2.75, 3.05) is 7.11 Å². The summed E-state index contributed by atoms with van der Waals surface area (Å²) < 4.78 is 32.7. The van der Waals surface area contributed by atoms with Crippen molar-refractivity contribution in [1.29, 1.82) is 0 Å². The molecule has 2 atom stereocenters. The number of rotatable bonds is 5. The van der Waals surface area contributed by atoms with Crippen molar-refractivity contribution < 1.29 is 18.3 Å². The van der Waals surface area contributed by atoms with Gasteiger partial charge in [0, 0.05) is 17.4 Å². The molecule has 30 heavy (non-hydrogen) atoms. The third-order valence-electron chi connectivity index (χ3n) is 5.72. The molecule has 0 saturated carbocycles. The van der Waals surface area contributed by atoms with E-state index in [1.807, 2.05) is 61.5 Å². The maximum absolute atomic E-state index is 13.8. The molecule has 2 nitrogen and oxygen atoms in total. The van der Waals surface area contributed by atoms with Crippen molar-refractivity contribution in [1.82, 2.24) is 0 Å². The molecule has 0 saturated heterocycles. The Hall–Kier alpha value is -3.27. The van der Waals surface area contributed by atoms with Gasteiger partial charge in [-0.05, 0) is 54.3 Å². The molecule has 2 unspecified atom stereocenters. The van der Waals surface area contributed by atoms with Crippen LogP contribution in [0.1, 0.15) is 39.4 Å². The number of halogens is 2. The predicted octanol–water partition coefficient (Wildman–Crippen LogP) is 6.35. The summed E-state index contributed by atoms with van der Waals surface area (Å²) in [6.07, 6.45) is 2.62. The van der Waals surface area contributed by atoms with Gasteiger partial charge >= 0.3 is 0 Å². The number of hydrogen-bond donors (Lipinski definition) is 0. The monoisotopic (exact) mass is 404 g/mol. The average molecular weight is 404 g/mol. The molecule has 0 aromatic heterocycles. The Balaban J connectivity index is 1.77. The highest BCUT2D eigenvalue weighted by Gasteiger charge is 2.36. The number of carbonyl (C=O) groups excluding carboxylic acids is 1. The minimum atomic E-state index is -1.02. The second kappa shape index (κ2) is 8.23. The van der Waals surface area contributed by atoms with Crippen LogP contribution in [-0.4, -0.2) is 12.9 Å². The molecule has 0 heterocycles. The van der Waals surface area contributed by atoms with Gasteiger partial charge in [0.2, 0.25) is 0 Å². The van der Waals surface area contributed by atoms with Crippen LogP contribution in [0, 0.1) is 24.5 Å². The first kappa shape index (κ1) is 20.0. The second-order valence-electron chi connectivity index (χ2n) is 7.63. The molecule has 0 amide bonds. The number of Topliss-reactive ketones (excluding diaryl/α,β-unsaturated/α-hetero) is 1. The molecule has 4 heteroatoms. The molecular formula is C26H22F2O2. The summed E-state index contributed by atoms with van der Waals surface area (Å²) >= 11 is 0. The van der Waals surface area contributed by atoms with Crippen LogP contribution in [-0.2, 0) is 0 Å². The minimum Gasteiger partial charge on any atom is -0.496 e. The van der Waals surface area contributed by atoms with Gasteiger partial charge in [0.15, 0.2) is 17.4 Å². The van der Waals surface area contributed by atoms with E-state index in [0.29, 0.717) is 12.2 Å². The van der Waals surface area contributed by atoms with E-state index in [2.05, 4.69) is 0 Å². The molecule has 4 rings (SSSR count). The summed E-state index contributed by atoms with van der Waals surface area (Å²) in [5.41, 5.74) is 4.38. The van der Waals surface area contributed by atoms with Gasteiger partial charge < -0.3 is 4.74 Å². The first-order chi connectivity index (χ1) is 14.5. The van der Waals surface area contributed by atoms with Crippen LogP contribution in [0.5, 0.6) is 5.75 Å². The van der Waals surface area contributed by atoms with E-state index in [4.69, 9.17) is 4.74 Å². The first-order valence-electron chi connectivity index (χ1n) is 9.88. The van der Waals surface area contributed by atoms with E-state index in [1.165, 1.54) is 6.07 Å². The third kappa shape index (κ3) is 3.78. The van der Waals surface area contributed by atoms with Crippen molar-refractivity contribution in [3.8, 4) is 5.75 Å². The fourth-order valence-electron chi connectivity index (χ4n) is 4.12. The van der Waals surface area contributed by atoms with Crippen LogP contribution < -0.4 is 4.74 Å². The smallest absolute Gasteiger partial charge is 0.170 e. The summed E-state index contributed by atoms with van der Waals surface area (Å²) in [6.45, 7) is 2.03. The molecule has 0 radical (unpaired) electrons. The van der Waals surface area contributed by atoms with Gasteiger partial charge in [-0.25, -0.2) is 8.78 Å². The normalized spacial score (nSPS) is 18.2. The van der Waals surface area contributed by atoms with Crippen molar-refractivity contribution >= 4 is 11.4 Å². The zero-order valence-corrected chi connectivity index (χ0v) is 16.9. The number of carbonyl (C=O) groups is 1. The highest BCUT2D eigenvalue weighted by atomic mass is 19.2. The third-order valence-corrected chi connectivity index (χ3v) is 5.72. The number of ether oxygens (including phenoxy) is 1. The molecule has 0 bridgehead atoms. The van der Waals surface area contributed by atoms with Crippen LogP contribution in [0.25, 0.3) is 5.57 Å². The second-order valence-corrected chi connectivity index (χ2v) is 7.63. The fourth-order valence-corrected chi connectivity index (χ4v) is 4.12. The maximum Gasteiger partial charge on any atom is 0.170 e. The topological polar surface area (TPSA) is 26.3 Å². The van der Waals surface area contributed by atoms with Crippen molar-refractivity contribution in [3.63, 3.8) is 0 Å². The molecule has 152 valence electrons. The van der Waals surface area contributed by atoms with E-state index in [0.717, 1.165) is 34.4 Å². The van der Waals surface area contributed by atoms with Gasteiger partial charge in [0.25, 0.3) is 0 Å². The quantitative estimate of drug-likeness (QED) is 0.463. The molecule has 0 fully saturated rings. The first-order valence-corrected chi connectivity index (χ1v) is 9.88. The minimum absolute atomic E-state index is 0.155.